The second-order valence-corrected chi connectivity index (χ2v) is 5.69. The lowest BCUT2D eigenvalue weighted by Gasteiger charge is -2.03. The predicted molar refractivity (Wildman–Crippen MR) is 77.9 cm³/mol. The molecule has 1 aromatic carbocycles. The highest BCUT2D eigenvalue weighted by atomic mass is 15.0. The second kappa shape index (κ2) is 5.17. The summed E-state index contributed by atoms with van der Waals surface area (Å²) < 4.78 is 0. The summed E-state index contributed by atoms with van der Waals surface area (Å²) in [5, 5.41) is 3.46. The maximum absolute atomic E-state index is 4.45. The largest absolute Gasteiger partial charge is 0.341 e. The van der Waals surface area contributed by atoms with Gasteiger partial charge in [0.2, 0.25) is 0 Å². The maximum Gasteiger partial charge on any atom is 0.120 e. The highest BCUT2D eigenvalue weighted by Gasteiger charge is 2.20. The minimum atomic E-state index is 0.835. The fraction of sp³-hybridized carbons (Fsp3) is 0.438. The van der Waals surface area contributed by atoms with Crippen molar-refractivity contribution < 1.29 is 0 Å². The van der Waals surface area contributed by atoms with Crippen LogP contribution in [-0.2, 0) is 6.54 Å². The van der Waals surface area contributed by atoms with E-state index in [1.807, 2.05) is 6.20 Å². The van der Waals surface area contributed by atoms with Gasteiger partial charge in [0, 0.05) is 5.56 Å². The van der Waals surface area contributed by atoms with Crippen LogP contribution >= 0.6 is 0 Å². The molecule has 1 fully saturated rings. The van der Waals surface area contributed by atoms with Crippen molar-refractivity contribution in [3.8, 4) is 11.3 Å². The Labute approximate surface area is 114 Å². The number of rotatable bonds is 5. The minimum absolute atomic E-state index is 0.835. The first-order valence-corrected chi connectivity index (χ1v) is 7.04. The van der Waals surface area contributed by atoms with Crippen molar-refractivity contribution in [3.05, 3.63) is 41.3 Å². The molecular weight excluding hydrogens is 234 g/mol. The number of nitrogens with one attached hydrogen (secondary N) is 2. The van der Waals surface area contributed by atoms with Gasteiger partial charge < -0.3 is 10.3 Å². The molecule has 0 unspecified atom stereocenters. The van der Waals surface area contributed by atoms with E-state index in [-0.39, 0.29) is 0 Å². The molecule has 0 saturated heterocycles. The van der Waals surface area contributed by atoms with Crippen LogP contribution in [0.4, 0.5) is 0 Å². The molecule has 0 bridgehead atoms. The monoisotopic (exact) mass is 255 g/mol. The van der Waals surface area contributed by atoms with E-state index < -0.39 is 0 Å². The third-order valence-corrected chi connectivity index (χ3v) is 3.58. The Kier molecular flexibility index (Phi) is 3.38. The van der Waals surface area contributed by atoms with Crippen LogP contribution in [0.15, 0.2) is 24.4 Å². The van der Waals surface area contributed by atoms with Gasteiger partial charge in [-0.2, -0.15) is 0 Å². The third-order valence-electron chi connectivity index (χ3n) is 3.58. The number of aromatic nitrogens is 2. The van der Waals surface area contributed by atoms with Crippen molar-refractivity contribution in [2.45, 2.75) is 33.2 Å². The Balaban J connectivity index is 1.68. The molecule has 100 valence electrons. The average Bonchev–Trinajstić information content (AvgIpc) is 3.04. The van der Waals surface area contributed by atoms with Gasteiger partial charge in [0.05, 0.1) is 18.4 Å². The highest BCUT2D eigenvalue weighted by Crippen LogP contribution is 2.27. The lowest BCUT2D eigenvalue weighted by Crippen LogP contribution is -2.16. The zero-order valence-electron chi connectivity index (χ0n) is 11.7. The Morgan fingerprint density at radius 3 is 2.63 bits per heavy atom. The number of aromatic amines is 1. The molecule has 1 saturated carbocycles. The van der Waals surface area contributed by atoms with Crippen molar-refractivity contribution in [2.24, 2.45) is 5.92 Å². The van der Waals surface area contributed by atoms with Crippen molar-refractivity contribution in [3.63, 3.8) is 0 Å². The molecule has 0 aliphatic heterocycles. The van der Waals surface area contributed by atoms with Gasteiger partial charge >= 0.3 is 0 Å². The summed E-state index contributed by atoms with van der Waals surface area (Å²) in [5.41, 5.74) is 4.91. The van der Waals surface area contributed by atoms with Crippen LogP contribution in [0.3, 0.4) is 0 Å². The van der Waals surface area contributed by atoms with E-state index in [4.69, 9.17) is 0 Å². The molecular formula is C16H21N3. The van der Waals surface area contributed by atoms with Gasteiger partial charge in [0.25, 0.3) is 0 Å². The SMILES string of the molecule is Cc1cc(C)cc(-c2cnc(CNCC3CC3)[nH]2)c1. The highest BCUT2D eigenvalue weighted by molar-refractivity contribution is 5.60. The van der Waals surface area contributed by atoms with Gasteiger partial charge in [0.15, 0.2) is 0 Å². The molecule has 0 atom stereocenters. The van der Waals surface area contributed by atoms with E-state index in [0.29, 0.717) is 0 Å². The number of benzene rings is 1. The third kappa shape index (κ3) is 3.24. The van der Waals surface area contributed by atoms with Gasteiger partial charge in [-0.25, -0.2) is 4.98 Å². The van der Waals surface area contributed by atoms with Gasteiger partial charge in [-0.05, 0) is 51.3 Å². The lowest BCUT2D eigenvalue weighted by atomic mass is 10.1. The molecule has 0 spiro atoms. The van der Waals surface area contributed by atoms with Crippen LogP contribution in [0, 0.1) is 19.8 Å². The van der Waals surface area contributed by atoms with E-state index in [1.54, 1.807) is 0 Å². The summed E-state index contributed by atoms with van der Waals surface area (Å²) in [4.78, 5) is 7.86. The summed E-state index contributed by atoms with van der Waals surface area (Å²) in [5.74, 6) is 1.93. The first kappa shape index (κ1) is 12.4. The van der Waals surface area contributed by atoms with Crippen molar-refractivity contribution in [1.82, 2.24) is 15.3 Å². The van der Waals surface area contributed by atoms with Gasteiger partial charge in [-0.15, -0.1) is 0 Å². The zero-order valence-corrected chi connectivity index (χ0v) is 11.7. The average molecular weight is 255 g/mol. The fourth-order valence-electron chi connectivity index (χ4n) is 2.45. The van der Waals surface area contributed by atoms with E-state index in [0.717, 1.165) is 30.5 Å². The van der Waals surface area contributed by atoms with Crippen LogP contribution < -0.4 is 5.32 Å². The van der Waals surface area contributed by atoms with Gasteiger partial charge in [-0.3, -0.25) is 0 Å². The topological polar surface area (TPSA) is 40.7 Å². The smallest absolute Gasteiger partial charge is 0.120 e. The molecule has 2 N–H and O–H groups in total. The Morgan fingerprint density at radius 2 is 1.95 bits per heavy atom. The molecule has 1 aliphatic rings. The lowest BCUT2D eigenvalue weighted by molar-refractivity contribution is 0.623. The van der Waals surface area contributed by atoms with E-state index in [9.17, 15) is 0 Å². The number of H-pyrrole nitrogens is 1. The van der Waals surface area contributed by atoms with Gasteiger partial charge in [0.1, 0.15) is 5.82 Å². The first-order valence-electron chi connectivity index (χ1n) is 7.04. The molecule has 3 nitrogen and oxygen atoms in total. The van der Waals surface area contributed by atoms with Crippen LogP contribution in [0.5, 0.6) is 0 Å². The Hall–Kier alpha value is -1.61. The summed E-state index contributed by atoms with van der Waals surface area (Å²) in [7, 11) is 0. The molecule has 3 heteroatoms. The Bertz CT molecular complexity index is 547. The van der Waals surface area contributed by atoms with Crippen LogP contribution in [0.1, 0.15) is 29.8 Å². The molecule has 2 aromatic rings. The summed E-state index contributed by atoms with van der Waals surface area (Å²) in [6.45, 7) is 6.22. The number of hydrogen-bond acceptors (Lipinski definition) is 2. The second-order valence-electron chi connectivity index (χ2n) is 5.69. The summed E-state index contributed by atoms with van der Waals surface area (Å²) in [6, 6.07) is 6.59. The number of hydrogen-bond donors (Lipinski definition) is 2. The van der Waals surface area contributed by atoms with E-state index >= 15 is 0 Å². The molecule has 1 heterocycles. The number of nitrogens with zero attached hydrogens (tertiary/aromatic N) is 1. The van der Waals surface area contributed by atoms with Crippen LogP contribution in [-0.4, -0.2) is 16.5 Å². The number of aryl methyl sites for hydroxylation is 2. The summed E-state index contributed by atoms with van der Waals surface area (Å²) >= 11 is 0. The molecule has 1 aliphatic carbocycles. The van der Waals surface area contributed by atoms with Crippen molar-refractivity contribution in [1.29, 1.82) is 0 Å². The molecule has 19 heavy (non-hydrogen) atoms. The van der Waals surface area contributed by atoms with E-state index in [2.05, 4.69) is 47.3 Å². The molecule has 3 rings (SSSR count). The van der Waals surface area contributed by atoms with Crippen LogP contribution in [0.25, 0.3) is 11.3 Å². The normalized spacial score (nSPS) is 14.8. The number of imidazole rings is 1. The predicted octanol–water partition coefficient (Wildman–Crippen LogP) is 3.19. The fourth-order valence-corrected chi connectivity index (χ4v) is 2.45. The first-order chi connectivity index (χ1) is 9.20. The molecule has 0 radical (unpaired) electrons. The van der Waals surface area contributed by atoms with E-state index in [1.165, 1.54) is 29.5 Å². The standard InChI is InChI=1S/C16H21N3/c1-11-5-12(2)7-14(6-11)15-9-18-16(19-15)10-17-8-13-3-4-13/h5-7,9,13,17H,3-4,8,10H2,1-2H3,(H,18,19). The maximum atomic E-state index is 4.45. The zero-order chi connectivity index (χ0) is 13.2. The van der Waals surface area contributed by atoms with Crippen molar-refractivity contribution >= 4 is 0 Å². The van der Waals surface area contributed by atoms with Crippen molar-refractivity contribution in [2.75, 3.05) is 6.54 Å². The minimum Gasteiger partial charge on any atom is -0.341 e. The Morgan fingerprint density at radius 1 is 1.21 bits per heavy atom. The van der Waals surface area contributed by atoms with Gasteiger partial charge in [-0.1, -0.05) is 17.2 Å². The molecule has 1 aromatic heterocycles. The molecule has 0 amide bonds. The quantitative estimate of drug-likeness (QED) is 0.861. The van der Waals surface area contributed by atoms with Crippen LogP contribution in [0.2, 0.25) is 0 Å². The summed E-state index contributed by atoms with van der Waals surface area (Å²) in [6.07, 6.45) is 4.71.